The lowest BCUT2D eigenvalue weighted by atomic mass is 10.0. The first kappa shape index (κ1) is 16.4. The number of hydrogen-bond acceptors (Lipinski definition) is 2. The van der Waals surface area contributed by atoms with Crippen molar-refractivity contribution >= 4 is 5.97 Å². The molecule has 1 rings (SSSR count). The van der Waals surface area contributed by atoms with Gasteiger partial charge >= 0.3 is 12.1 Å². The molecule has 0 saturated carbocycles. The number of carboxylic acid groups (broad SMARTS) is 1. The number of carboxylic acids is 1. The Morgan fingerprint density at radius 3 is 2.17 bits per heavy atom. The second-order valence-corrected chi connectivity index (χ2v) is 3.77. The highest BCUT2D eigenvalue weighted by Gasteiger charge is 2.38. The number of alkyl halides is 3. The molecule has 6 heteroatoms. The second-order valence-electron chi connectivity index (χ2n) is 3.77. The molecule has 0 bridgehead atoms. The van der Waals surface area contributed by atoms with Crippen molar-refractivity contribution in [3.8, 4) is 0 Å². The molecule has 0 atom stereocenters. The summed E-state index contributed by atoms with van der Waals surface area (Å²) in [6, 6.07) is 6.50. The summed E-state index contributed by atoms with van der Waals surface area (Å²) in [5, 5.41) is 7.12. The topological polar surface area (TPSA) is 63.3 Å². The van der Waals surface area contributed by atoms with Gasteiger partial charge in [0.15, 0.2) is 0 Å². The number of carbonyl (C=O) groups is 1. The average Bonchev–Trinajstić information content (AvgIpc) is 2.22. The van der Waals surface area contributed by atoms with Gasteiger partial charge in [-0.2, -0.15) is 13.2 Å². The van der Waals surface area contributed by atoms with Gasteiger partial charge < -0.3 is 10.8 Å². The molecule has 3 nitrogen and oxygen atoms in total. The fourth-order valence-electron chi connectivity index (χ4n) is 1.28. The largest absolute Gasteiger partial charge is 0.490 e. The summed E-state index contributed by atoms with van der Waals surface area (Å²) in [6.07, 6.45) is -4.09. The van der Waals surface area contributed by atoms with Gasteiger partial charge in [-0.05, 0) is 37.9 Å². The first-order valence-corrected chi connectivity index (χ1v) is 5.24. The third-order valence-electron chi connectivity index (χ3n) is 2.15. The fraction of sp³-hybridized carbons (Fsp3) is 0.417. The summed E-state index contributed by atoms with van der Waals surface area (Å²) in [4.78, 5) is 8.90. The third-order valence-corrected chi connectivity index (χ3v) is 2.15. The van der Waals surface area contributed by atoms with Crippen molar-refractivity contribution in [1.29, 1.82) is 0 Å². The van der Waals surface area contributed by atoms with E-state index in [0.29, 0.717) is 0 Å². The molecule has 1 aromatic rings. The maximum absolute atomic E-state index is 10.6. The molecule has 18 heavy (non-hydrogen) atoms. The lowest BCUT2D eigenvalue weighted by molar-refractivity contribution is -0.192. The summed E-state index contributed by atoms with van der Waals surface area (Å²) in [5.41, 5.74) is 9.52. The number of hydrogen-bond donors (Lipinski definition) is 2. The molecule has 0 aromatic heterocycles. The van der Waals surface area contributed by atoms with Gasteiger partial charge in [-0.25, -0.2) is 4.79 Å². The number of nitrogens with two attached hydrogens (primary N) is 1. The van der Waals surface area contributed by atoms with Gasteiger partial charge in [-0.1, -0.05) is 23.8 Å². The van der Waals surface area contributed by atoms with Crippen molar-refractivity contribution < 1.29 is 23.1 Å². The van der Waals surface area contributed by atoms with E-state index < -0.39 is 12.1 Å². The van der Waals surface area contributed by atoms with E-state index in [9.17, 15) is 13.2 Å². The predicted octanol–water partition coefficient (Wildman–Crippen LogP) is 2.44. The van der Waals surface area contributed by atoms with Crippen LogP contribution in [0.25, 0.3) is 0 Å². The molecule has 0 aliphatic rings. The van der Waals surface area contributed by atoms with E-state index in [1.165, 1.54) is 16.7 Å². The van der Waals surface area contributed by atoms with Crippen LogP contribution in [-0.4, -0.2) is 23.8 Å². The Labute approximate surface area is 103 Å². The van der Waals surface area contributed by atoms with E-state index in [1.807, 2.05) is 0 Å². The zero-order valence-corrected chi connectivity index (χ0v) is 10.2. The van der Waals surface area contributed by atoms with Gasteiger partial charge in [0, 0.05) is 0 Å². The minimum absolute atomic E-state index is 0.740. The zero-order valence-electron chi connectivity index (χ0n) is 10.2. The van der Waals surface area contributed by atoms with Crippen LogP contribution in [0.5, 0.6) is 0 Å². The summed E-state index contributed by atoms with van der Waals surface area (Å²) >= 11 is 0. The Morgan fingerprint density at radius 2 is 1.83 bits per heavy atom. The van der Waals surface area contributed by atoms with Gasteiger partial charge in [-0.15, -0.1) is 0 Å². The van der Waals surface area contributed by atoms with Crippen LogP contribution >= 0.6 is 0 Å². The van der Waals surface area contributed by atoms with Crippen LogP contribution in [0.4, 0.5) is 13.2 Å². The van der Waals surface area contributed by atoms with E-state index in [4.69, 9.17) is 15.6 Å². The maximum Gasteiger partial charge on any atom is 0.490 e. The number of benzene rings is 1. The molecule has 0 spiro atoms. The molecule has 0 radical (unpaired) electrons. The Morgan fingerprint density at radius 1 is 1.33 bits per heavy atom. The first-order valence-electron chi connectivity index (χ1n) is 5.24. The highest BCUT2D eigenvalue weighted by Crippen LogP contribution is 2.13. The van der Waals surface area contributed by atoms with Crippen molar-refractivity contribution in [2.45, 2.75) is 26.4 Å². The average molecular weight is 263 g/mol. The monoisotopic (exact) mass is 263 g/mol. The van der Waals surface area contributed by atoms with Crippen molar-refractivity contribution in [2.24, 2.45) is 5.73 Å². The lowest BCUT2D eigenvalue weighted by Gasteiger charge is -2.04. The molecule has 0 fully saturated rings. The molecule has 0 aliphatic carbocycles. The van der Waals surface area contributed by atoms with Crippen molar-refractivity contribution in [3.05, 3.63) is 34.9 Å². The van der Waals surface area contributed by atoms with Gasteiger partial charge in [-0.3, -0.25) is 0 Å². The van der Waals surface area contributed by atoms with E-state index >= 15 is 0 Å². The molecule has 0 unspecified atom stereocenters. The van der Waals surface area contributed by atoms with E-state index in [1.54, 1.807) is 0 Å². The molecule has 0 amide bonds. The van der Waals surface area contributed by atoms with Gasteiger partial charge in [0.1, 0.15) is 0 Å². The van der Waals surface area contributed by atoms with Crippen LogP contribution in [0.1, 0.15) is 16.7 Å². The second kappa shape index (κ2) is 7.00. The Balaban J connectivity index is 0.000000360. The summed E-state index contributed by atoms with van der Waals surface area (Å²) < 4.78 is 31.7. The minimum atomic E-state index is -5.08. The molecule has 1 aromatic carbocycles. The molecular weight excluding hydrogens is 247 g/mol. The van der Waals surface area contributed by atoms with E-state index in [2.05, 4.69) is 32.0 Å². The molecule has 0 heterocycles. The normalized spacial score (nSPS) is 10.6. The van der Waals surface area contributed by atoms with E-state index in [-0.39, 0.29) is 0 Å². The van der Waals surface area contributed by atoms with Crippen LogP contribution in [-0.2, 0) is 11.2 Å². The van der Waals surface area contributed by atoms with Gasteiger partial charge in [0.05, 0.1) is 0 Å². The van der Waals surface area contributed by atoms with Crippen LogP contribution < -0.4 is 5.73 Å². The quantitative estimate of drug-likeness (QED) is 0.861. The number of aryl methyl sites for hydroxylation is 2. The molecule has 102 valence electrons. The number of halogens is 3. The summed E-state index contributed by atoms with van der Waals surface area (Å²) in [5.74, 6) is -2.76. The Bertz CT molecular complexity index is 403. The van der Waals surface area contributed by atoms with Crippen molar-refractivity contribution in [2.75, 3.05) is 6.54 Å². The minimum Gasteiger partial charge on any atom is -0.475 e. The fourth-order valence-corrected chi connectivity index (χ4v) is 1.28. The summed E-state index contributed by atoms with van der Waals surface area (Å²) in [7, 11) is 0. The molecular formula is C12H16F3NO2. The Kier molecular flexibility index (Phi) is 6.40. The van der Waals surface area contributed by atoms with E-state index in [0.717, 1.165) is 13.0 Å². The maximum atomic E-state index is 10.6. The zero-order chi connectivity index (χ0) is 14.3. The molecule has 3 N–H and O–H groups in total. The van der Waals surface area contributed by atoms with Crippen molar-refractivity contribution in [3.63, 3.8) is 0 Å². The highest BCUT2D eigenvalue weighted by atomic mass is 19.4. The smallest absolute Gasteiger partial charge is 0.475 e. The number of rotatable bonds is 2. The van der Waals surface area contributed by atoms with Crippen LogP contribution in [0.3, 0.4) is 0 Å². The Hall–Kier alpha value is -1.56. The predicted molar refractivity (Wildman–Crippen MR) is 62.4 cm³/mol. The highest BCUT2D eigenvalue weighted by molar-refractivity contribution is 5.73. The third kappa shape index (κ3) is 6.24. The standard InChI is InChI=1S/C10H15N.C2HF3O2/c1-8-3-4-10(5-6-11)9(2)7-8;3-2(4,5)1(6)7/h3-4,7H,5-6,11H2,1-2H3;(H,6,7). The molecule has 0 saturated heterocycles. The number of aliphatic carboxylic acids is 1. The first-order chi connectivity index (χ1) is 8.18. The van der Waals surface area contributed by atoms with Gasteiger partial charge in [0.25, 0.3) is 0 Å². The summed E-state index contributed by atoms with van der Waals surface area (Å²) in [6.45, 7) is 4.99. The van der Waals surface area contributed by atoms with Crippen LogP contribution in [0.2, 0.25) is 0 Å². The lowest BCUT2D eigenvalue weighted by Crippen LogP contribution is -2.21. The van der Waals surface area contributed by atoms with Gasteiger partial charge in [0.2, 0.25) is 0 Å². The van der Waals surface area contributed by atoms with Crippen LogP contribution in [0.15, 0.2) is 18.2 Å². The van der Waals surface area contributed by atoms with Crippen LogP contribution in [0, 0.1) is 13.8 Å². The SMILES string of the molecule is Cc1ccc(CCN)c(C)c1.O=C(O)C(F)(F)F. The van der Waals surface area contributed by atoms with Crippen molar-refractivity contribution in [1.82, 2.24) is 0 Å². The molecule has 0 aliphatic heterocycles.